The molecule has 0 radical (unpaired) electrons. The standard InChI is InChI=1S/C8H14O6S/c1-4(7(13)5(11)2-9)15-8(14)6(12)3-10/h4-6,9-12H,2-3H2,1H3. The van der Waals surface area contributed by atoms with Gasteiger partial charge in [-0.3, -0.25) is 9.59 Å². The zero-order valence-corrected chi connectivity index (χ0v) is 8.98. The number of hydrogen-bond acceptors (Lipinski definition) is 7. The number of aliphatic hydroxyl groups excluding tert-OH is 4. The summed E-state index contributed by atoms with van der Waals surface area (Å²) in [7, 11) is 0. The average Bonchev–Trinajstić information content (AvgIpc) is 2.25. The van der Waals surface area contributed by atoms with Crippen LogP contribution < -0.4 is 0 Å². The third kappa shape index (κ3) is 4.72. The van der Waals surface area contributed by atoms with Crippen LogP contribution in [0.1, 0.15) is 6.92 Å². The van der Waals surface area contributed by atoms with Crippen molar-refractivity contribution >= 4 is 22.7 Å². The maximum atomic E-state index is 11.2. The predicted octanol–water partition coefficient (Wildman–Crippen LogP) is -2.09. The molecule has 0 amide bonds. The van der Waals surface area contributed by atoms with Gasteiger partial charge in [0.2, 0.25) is 5.12 Å². The third-order valence-corrected chi connectivity index (χ3v) is 2.73. The van der Waals surface area contributed by atoms with Crippen molar-refractivity contribution in [2.24, 2.45) is 0 Å². The first kappa shape index (κ1) is 14.5. The van der Waals surface area contributed by atoms with Gasteiger partial charge in [0, 0.05) is 0 Å². The van der Waals surface area contributed by atoms with Gasteiger partial charge in [-0.2, -0.15) is 0 Å². The predicted molar refractivity (Wildman–Crippen MR) is 53.3 cm³/mol. The molecule has 0 aromatic heterocycles. The van der Waals surface area contributed by atoms with Crippen LogP contribution in [-0.4, -0.2) is 62.0 Å². The molecule has 0 rings (SSSR count). The van der Waals surface area contributed by atoms with E-state index in [2.05, 4.69) is 0 Å². The molecule has 0 aliphatic heterocycles. The van der Waals surface area contributed by atoms with Gasteiger partial charge in [0.25, 0.3) is 0 Å². The van der Waals surface area contributed by atoms with Crippen molar-refractivity contribution in [2.45, 2.75) is 24.4 Å². The molecule has 0 fully saturated rings. The van der Waals surface area contributed by atoms with Crippen molar-refractivity contribution in [3.63, 3.8) is 0 Å². The lowest BCUT2D eigenvalue weighted by Crippen LogP contribution is -2.33. The average molecular weight is 238 g/mol. The molecule has 88 valence electrons. The maximum absolute atomic E-state index is 11.2. The molecule has 4 N–H and O–H groups in total. The number of ketones is 1. The highest BCUT2D eigenvalue weighted by atomic mass is 32.2. The summed E-state index contributed by atoms with van der Waals surface area (Å²) >= 11 is 0.514. The second-order valence-corrected chi connectivity index (χ2v) is 4.22. The smallest absolute Gasteiger partial charge is 0.220 e. The molecule has 0 aromatic rings. The minimum Gasteiger partial charge on any atom is -0.393 e. The lowest BCUT2D eigenvalue weighted by molar-refractivity contribution is -0.128. The van der Waals surface area contributed by atoms with Gasteiger partial charge in [-0.05, 0) is 6.92 Å². The molecule has 0 aromatic carbocycles. The van der Waals surface area contributed by atoms with Crippen molar-refractivity contribution in [3.8, 4) is 0 Å². The largest absolute Gasteiger partial charge is 0.393 e. The Bertz CT molecular complexity index is 231. The molecule has 3 unspecified atom stereocenters. The van der Waals surface area contributed by atoms with E-state index in [0.29, 0.717) is 11.8 Å². The van der Waals surface area contributed by atoms with Gasteiger partial charge in [0.05, 0.1) is 18.5 Å². The fraction of sp³-hybridized carbons (Fsp3) is 0.750. The van der Waals surface area contributed by atoms with Gasteiger partial charge in [0.15, 0.2) is 5.78 Å². The van der Waals surface area contributed by atoms with Crippen molar-refractivity contribution in [1.29, 1.82) is 0 Å². The van der Waals surface area contributed by atoms with E-state index in [9.17, 15) is 9.59 Å². The number of hydrogen-bond donors (Lipinski definition) is 4. The minimum atomic E-state index is -1.53. The van der Waals surface area contributed by atoms with Gasteiger partial charge < -0.3 is 20.4 Å². The van der Waals surface area contributed by atoms with Gasteiger partial charge in [0.1, 0.15) is 12.2 Å². The summed E-state index contributed by atoms with van der Waals surface area (Å²) in [6.45, 7) is -0.0519. The molecule has 0 aliphatic rings. The molecule has 0 spiro atoms. The fourth-order valence-corrected chi connectivity index (χ4v) is 1.60. The zero-order chi connectivity index (χ0) is 12.0. The summed E-state index contributed by atoms with van der Waals surface area (Å²) in [6, 6.07) is 0. The highest BCUT2D eigenvalue weighted by Gasteiger charge is 2.26. The molecule has 7 heteroatoms. The van der Waals surface area contributed by atoms with E-state index in [1.165, 1.54) is 6.92 Å². The number of Topliss-reactive ketones (excluding diaryl/α,β-unsaturated/α-hetero) is 1. The number of carbonyl (C=O) groups is 2. The first-order chi connectivity index (χ1) is 6.93. The van der Waals surface area contributed by atoms with Crippen LogP contribution in [0.15, 0.2) is 0 Å². The van der Waals surface area contributed by atoms with E-state index >= 15 is 0 Å². The summed E-state index contributed by atoms with van der Waals surface area (Å²) in [5, 5.41) is 33.2. The highest BCUT2D eigenvalue weighted by molar-refractivity contribution is 8.14. The quantitative estimate of drug-likeness (QED) is 0.419. The van der Waals surface area contributed by atoms with Crippen LogP contribution in [0.3, 0.4) is 0 Å². The Morgan fingerprint density at radius 1 is 1.13 bits per heavy atom. The molecular formula is C8H14O6S. The first-order valence-corrected chi connectivity index (χ1v) is 5.14. The maximum Gasteiger partial charge on any atom is 0.220 e. The van der Waals surface area contributed by atoms with Gasteiger partial charge in [-0.25, -0.2) is 0 Å². The summed E-state index contributed by atoms with van der Waals surface area (Å²) in [5.74, 6) is -0.694. The Kier molecular flexibility index (Phi) is 6.70. The van der Waals surface area contributed by atoms with E-state index < -0.39 is 41.6 Å². The van der Waals surface area contributed by atoms with Gasteiger partial charge in [-0.15, -0.1) is 0 Å². The normalized spacial score (nSPS) is 16.9. The number of carbonyl (C=O) groups excluding carboxylic acids is 2. The molecule has 3 atom stereocenters. The Balaban J connectivity index is 4.18. The highest BCUT2D eigenvalue weighted by Crippen LogP contribution is 2.16. The number of rotatable bonds is 6. The van der Waals surface area contributed by atoms with Gasteiger partial charge in [-0.1, -0.05) is 11.8 Å². The Labute approximate surface area is 90.9 Å². The van der Waals surface area contributed by atoms with Crippen molar-refractivity contribution in [3.05, 3.63) is 0 Å². The monoisotopic (exact) mass is 238 g/mol. The van der Waals surface area contributed by atoms with Crippen LogP contribution in [-0.2, 0) is 9.59 Å². The first-order valence-electron chi connectivity index (χ1n) is 4.26. The Morgan fingerprint density at radius 2 is 1.60 bits per heavy atom. The van der Waals surface area contributed by atoms with Crippen LogP contribution >= 0.6 is 11.8 Å². The zero-order valence-electron chi connectivity index (χ0n) is 8.16. The van der Waals surface area contributed by atoms with Crippen molar-refractivity contribution < 1.29 is 30.0 Å². The molecule has 6 nitrogen and oxygen atoms in total. The second-order valence-electron chi connectivity index (χ2n) is 2.88. The third-order valence-electron chi connectivity index (χ3n) is 1.64. The Morgan fingerprint density at radius 3 is 2.00 bits per heavy atom. The van der Waals surface area contributed by atoms with Crippen LogP contribution in [0.25, 0.3) is 0 Å². The number of thioether (sulfide) groups is 1. The van der Waals surface area contributed by atoms with E-state index in [4.69, 9.17) is 20.4 Å². The van der Waals surface area contributed by atoms with E-state index in [1.807, 2.05) is 0 Å². The van der Waals surface area contributed by atoms with Crippen LogP contribution in [0, 0.1) is 0 Å². The molecular weight excluding hydrogens is 224 g/mol. The van der Waals surface area contributed by atoms with Gasteiger partial charge >= 0.3 is 0 Å². The lowest BCUT2D eigenvalue weighted by atomic mass is 10.2. The van der Waals surface area contributed by atoms with Crippen molar-refractivity contribution in [1.82, 2.24) is 0 Å². The fourth-order valence-electron chi connectivity index (χ4n) is 0.746. The summed E-state index contributed by atoms with van der Waals surface area (Å²) in [5.41, 5.74) is 0. The lowest BCUT2D eigenvalue weighted by Gasteiger charge is -2.13. The van der Waals surface area contributed by atoms with E-state index in [-0.39, 0.29) is 0 Å². The summed E-state index contributed by atoms with van der Waals surface area (Å²) in [6.07, 6.45) is -3.05. The van der Waals surface area contributed by atoms with E-state index in [0.717, 1.165) is 0 Å². The van der Waals surface area contributed by atoms with Crippen LogP contribution in [0.4, 0.5) is 0 Å². The van der Waals surface area contributed by atoms with Crippen LogP contribution in [0.5, 0.6) is 0 Å². The van der Waals surface area contributed by atoms with Crippen LogP contribution in [0.2, 0.25) is 0 Å². The summed E-state index contributed by atoms with van der Waals surface area (Å²) in [4.78, 5) is 22.2. The molecule has 0 saturated carbocycles. The topological polar surface area (TPSA) is 115 Å². The molecule has 0 saturated heterocycles. The minimum absolute atomic E-state index is 0.514. The number of aliphatic hydroxyl groups is 4. The Hall–Kier alpha value is -0.470. The molecule has 15 heavy (non-hydrogen) atoms. The second kappa shape index (κ2) is 6.91. The van der Waals surface area contributed by atoms with E-state index in [1.54, 1.807) is 0 Å². The molecule has 0 aliphatic carbocycles. The molecule has 0 bridgehead atoms. The SMILES string of the molecule is CC(SC(=O)C(O)CO)C(=O)C(O)CO. The summed E-state index contributed by atoms with van der Waals surface area (Å²) < 4.78 is 0. The molecule has 0 heterocycles. The van der Waals surface area contributed by atoms with Crippen molar-refractivity contribution in [2.75, 3.05) is 13.2 Å².